The predicted octanol–water partition coefficient (Wildman–Crippen LogP) is 2.66. The van der Waals surface area contributed by atoms with Crippen LogP contribution in [0.25, 0.3) is 0 Å². The van der Waals surface area contributed by atoms with Gasteiger partial charge in [0.15, 0.2) is 6.61 Å². The Morgan fingerprint density at radius 2 is 2.19 bits per heavy atom. The molecule has 0 radical (unpaired) electrons. The second-order valence-corrected chi connectivity index (χ2v) is 4.37. The molecular formula is C13H10ClN3O4. The molecule has 0 saturated heterocycles. The van der Waals surface area contributed by atoms with Crippen LogP contribution in [0.5, 0.6) is 5.75 Å². The Morgan fingerprint density at radius 1 is 1.38 bits per heavy atom. The van der Waals surface area contributed by atoms with Gasteiger partial charge in [0.25, 0.3) is 5.91 Å². The second-order valence-electron chi connectivity index (χ2n) is 3.93. The van der Waals surface area contributed by atoms with Gasteiger partial charge in [-0.25, -0.2) is 0 Å². The van der Waals surface area contributed by atoms with Crippen LogP contribution in [0.15, 0.2) is 42.6 Å². The van der Waals surface area contributed by atoms with Crippen LogP contribution in [0.1, 0.15) is 0 Å². The predicted molar refractivity (Wildman–Crippen MR) is 76.5 cm³/mol. The molecule has 0 aliphatic heterocycles. The van der Waals surface area contributed by atoms with E-state index in [2.05, 4.69) is 10.3 Å². The van der Waals surface area contributed by atoms with E-state index < -0.39 is 16.6 Å². The number of anilines is 1. The second kappa shape index (κ2) is 6.67. The highest BCUT2D eigenvalue weighted by Gasteiger charge is 2.16. The molecule has 1 aromatic heterocycles. The molecule has 0 bridgehead atoms. The summed E-state index contributed by atoms with van der Waals surface area (Å²) in [5.74, 6) is -0.966. The third-order valence-corrected chi connectivity index (χ3v) is 2.63. The van der Waals surface area contributed by atoms with Gasteiger partial charge in [-0.05, 0) is 40.2 Å². The summed E-state index contributed by atoms with van der Waals surface area (Å²) in [5, 5.41) is 13.8. The maximum atomic E-state index is 11.7. The molecule has 8 heteroatoms. The minimum Gasteiger partial charge on any atom is -0.476 e. The number of carbonyl (C=O) groups excluding carboxylic acids is 1. The summed E-state index contributed by atoms with van der Waals surface area (Å²) in [4.78, 5) is 25.4. The minimum atomic E-state index is -0.676. The fraction of sp³-hybridized carbons (Fsp3) is 0.0769. The van der Waals surface area contributed by atoms with Crippen LogP contribution < -0.4 is 10.1 Å². The topological polar surface area (TPSA) is 94.4 Å². The van der Waals surface area contributed by atoms with Crippen molar-refractivity contribution in [2.24, 2.45) is 0 Å². The third-order valence-electron chi connectivity index (χ3n) is 2.39. The summed E-state index contributed by atoms with van der Waals surface area (Å²) < 4.78 is 5.11. The molecule has 0 unspecified atom stereocenters. The number of benzene rings is 1. The molecule has 21 heavy (non-hydrogen) atoms. The first-order valence-corrected chi connectivity index (χ1v) is 6.21. The van der Waals surface area contributed by atoms with E-state index in [1.165, 1.54) is 18.3 Å². The maximum absolute atomic E-state index is 11.7. The van der Waals surface area contributed by atoms with E-state index in [-0.39, 0.29) is 12.4 Å². The molecule has 0 aliphatic carbocycles. The molecular weight excluding hydrogens is 298 g/mol. The average molecular weight is 308 g/mol. The van der Waals surface area contributed by atoms with Crippen molar-refractivity contribution in [3.8, 4) is 5.75 Å². The van der Waals surface area contributed by atoms with Gasteiger partial charge in [-0.2, -0.15) is 0 Å². The van der Waals surface area contributed by atoms with Crippen molar-refractivity contribution in [2.45, 2.75) is 0 Å². The van der Waals surface area contributed by atoms with E-state index in [9.17, 15) is 14.9 Å². The molecule has 1 heterocycles. The van der Waals surface area contributed by atoms with E-state index >= 15 is 0 Å². The van der Waals surface area contributed by atoms with Crippen molar-refractivity contribution in [1.82, 2.24) is 4.98 Å². The summed E-state index contributed by atoms with van der Waals surface area (Å²) in [6.07, 6.45) is 1.27. The zero-order valence-electron chi connectivity index (χ0n) is 10.7. The number of hydrogen-bond acceptors (Lipinski definition) is 5. The lowest BCUT2D eigenvalue weighted by atomic mass is 10.3. The number of rotatable bonds is 5. The van der Waals surface area contributed by atoms with Crippen LogP contribution in [0.2, 0.25) is 5.02 Å². The van der Waals surface area contributed by atoms with Crippen LogP contribution in [-0.4, -0.2) is 22.4 Å². The molecule has 0 atom stereocenters. The first-order valence-electron chi connectivity index (χ1n) is 5.84. The van der Waals surface area contributed by atoms with Crippen LogP contribution in [0.4, 0.5) is 11.5 Å². The lowest BCUT2D eigenvalue weighted by Crippen LogP contribution is -2.20. The van der Waals surface area contributed by atoms with Crippen molar-refractivity contribution in [1.29, 1.82) is 0 Å². The lowest BCUT2D eigenvalue weighted by Gasteiger charge is -2.07. The number of nitrogens with one attached hydrogen (secondary N) is 1. The fourth-order valence-electron chi connectivity index (χ4n) is 1.54. The number of hydrogen-bond donors (Lipinski definition) is 1. The Hall–Kier alpha value is -2.67. The quantitative estimate of drug-likeness (QED) is 0.677. The van der Waals surface area contributed by atoms with E-state index in [0.717, 1.165) is 0 Å². The molecule has 2 rings (SSSR count). The van der Waals surface area contributed by atoms with E-state index in [0.29, 0.717) is 10.7 Å². The third kappa shape index (κ3) is 4.15. The number of ether oxygens (including phenoxy) is 1. The summed E-state index contributed by atoms with van der Waals surface area (Å²) >= 11 is 5.79. The molecule has 7 nitrogen and oxygen atoms in total. The molecule has 1 aromatic carbocycles. The Bertz CT molecular complexity index is 678. The molecule has 108 valence electrons. The van der Waals surface area contributed by atoms with Crippen molar-refractivity contribution < 1.29 is 14.5 Å². The van der Waals surface area contributed by atoms with Gasteiger partial charge in [0.2, 0.25) is 5.75 Å². The monoisotopic (exact) mass is 307 g/mol. The molecule has 0 aliphatic rings. The Morgan fingerprint density at radius 3 is 2.90 bits per heavy atom. The number of pyridine rings is 1. The lowest BCUT2D eigenvalue weighted by molar-refractivity contribution is -0.390. The minimum absolute atomic E-state index is 0.0660. The van der Waals surface area contributed by atoms with Gasteiger partial charge in [0.1, 0.15) is 6.20 Å². The maximum Gasteiger partial charge on any atom is 0.406 e. The van der Waals surface area contributed by atoms with Crippen LogP contribution in [0.3, 0.4) is 0 Å². The van der Waals surface area contributed by atoms with E-state index in [1.807, 2.05) is 0 Å². The normalized spacial score (nSPS) is 9.95. The van der Waals surface area contributed by atoms with Crippen LogP contribution in [-0.2, 0) is 4.79 Å². The Labute approximate surface area is 124 Å². The molecule has 1 N–H and O–H groups in total. The standard InChI is InChI=1S/C13H10ClN3O4/c14-9-3-1-4-10(7-9)16-12(18)8-21-11-5-2-6-15-13(11)17(19)20/h1-7H,8H2,(H,16,18). The van der Waals surface area contributed by atoms with Crippen LogP contribution in [0, 0.1) is 10.1 Å². The van der Waals surface area contributed by atoms with Crippen molar-refractivity contribution in [3.05, 3.63) is 57.7 Å². The highest BCUT2D eigenvalue weighted by molar-refractivity contribution is 6.30. The van der Waals surface area contributed by atoms with Crippen molar-refractivity contribution in [3.63, 3.8) is 0 Å². The highest BCUT2D eigenvalue weighted by Crippen LogP contribution is 2.22. The smallest absolute Gasteiger partial charge is 0.406 e. The van der Waals surface area contributed by atoms with E-state index in [1.54, 1.807) is 24.3 Å². The van der Waals surface area contributed by atoms with Gasteiger partial charge in [-0.15, -0.1) is 0 Å². The number of nitrogens with zero attached hydrogens (tertiary/aromatic N) is 2. The Balaban J connectivity index is 1.97. The number of amides is 1. The van der Waals surface area contributed by atoms with Gasteiger partial charge >= 0.3 is 5.82 Å². The number of nitro groups is 1. The number of halogens is 1. The fourth-order valence-corrected chi connectivity index (χ4v) is 1.73. The SMILES string of the molecule is O=C(COc1cccnc1[N+](=O)[O-])Nc1cccc(Cl)c1. The van der Waals surface area contributed by atoms with Gasteiger partial charge in [0, 0.05) is 10.7 Å². The van der Waals surface area contributed by atoms with Gasteiger partial charge in [0.05, 0.1) is 0 Å². The van der Waals surface area contributed by atoms with Gasteiger partial charge < -0.3 is 20.2 Å². The molecule has 0 fully saturated rings. The molecule has 0 saturated carbocycles. The first-order chi connectivity index (χ1) is 10.1. The average Bonchev–Trinajstić information content (AvgIpc) is 2.45. The Kier molecular flexibility index (Phi) is 4.68. The molecule has 1 amide bonds. The largest absolute Gasteiger partial charge is 0.476 e. The summed E-state index contributed by atoms with van der Waals surface area (Å²) in [6.45, 7) is -0.376. The van der Waals surface area contributed by atoms with Crippen molar-refractivity contribution >= 4 is 29.0 Å². The molecule has 2 aromatic rings. The van der Waals surface area contributed by atoms with Crippen molar-refractivity contribution in [2.75, 3.05) is 11.9 Å². The van der Waals surface area contributed by atoms with Gasteiger partial charge in [-0.3, -0.25) is 4.79 Å². The first kappa shape index (κ1) is 14.7. The summed E-state index contributed by atoms with van der Waals surface area (Å²) in [5.41, 5.74) is 0.511. The highest BCUT2D eigenvalue weighted by atomic mass is 35.5. The zero-order valence-corrected chi connectivity index (χ0v) is 11.4. The van der Waals surface area contributed by atoms with Crippen LogP contribution >= 0.6 is 11.6 Å². The summed E-state index contributed by atoms with van der Waals surface area (Å²) in [7, 11) is 0. The number of carbonyl (C=O) groups is 1. The summed E-state index contributed by atoms with van der Waals surface area (Å²) in [6, 6.07) is 9.45. The zero-order chi connectivity index (χ0) is 15.2. The molecule has 0 spiro atoms. The van der Waals surface area contributed by atoms with E-state index in [4.69, 9.17) is 16.3 Å². The number of aromatic nitrogens is 1. The van der Waals surface area contributed by atoms with Gasteiger partial charge in [-0.1, -0.05) is 17.7 Å².